The maximum atomic E-state index is 13.3. The molecule has 148 valence electrons. The van der Waals surface area contributed by atoms with Crippen LogP contribution in [-0.4, -0.2) is 43.5 Å². The molecule has 28 heavy (non-hydrogen) atoms. The van der Waals surface area contributed by atoms with Crippen LogP contribution in [0.15, 0.2) is 36.4 Å². The van der Waals surface area contributed by atoms with Crippen LogP contribution in [0.4, 0.5) is 10.1 Å². The minimum atomic E-state index is -0.695. The predicted molar refractivity (Wildman–Crippen MR) is 103 cm³/mol. The lowest BCUT2D eigenvalue weighted by Gasteiger charge is -2.17. The second-order valence-corrected chi connectivity index (χ2v) is 6.76. The Kier molecular flexibility index (Phi) is 6.04. The molecule has 0 unspecified atom stereocenters. The number of likely N-dealkylation sites (tertiary alicyclic amines) is 1. The molecule has 1 heterocycles. The van der Waals surface area contributed by atoms with Gasteiger partial charge in [-0.3, -0.25) is 14.5 Å². The topological polar surface area (TPSA) is 67.9 Å². The fourth-order valence-corrected chi connectivity index (χ4v) is 3.28. The number of carbonyl (C=O) groups is 2. The lowest BCUT2D eigenvalue weighted by molar-refractivity contribution is -0.138. The van der Waals surface area contributed by atoms with Crippen molar-refractivity contribution in [1.29, 1.82) is 0 Å². The normalized spacial score (nSPS) is 16.4. The third-order valence-electron chi connectivity index (χ3n) is 4.58. The highest BCUT2D eigenvalue weighted by Crippen LogP contribution is 2.28. The third kappa shape index (κ3) is 4.20. The van der Waals surface area contributed by atoms with E-state index >= 15 is 0 Å². The van der Waals surface area contributed by atoms with Gasteiger partial charge in [-0.25, -0.2) is 4.39 Å². The van der Waals surface area contributed by atoms with Crippen molar-refractivity contribution in [2.45, 2.75) is 18.9 Å². The molecule has 2 amide bonds. The molecule has 0 spiro atoms. The summed E-state index contributed by atoms with van der Waals surface area (Å²) in [7, 11) is 3.10. The summed E-state index contributed by atoms with van der Waals surface area (Å²) in [6.07, 6.45) is 0.534. The van der Waals surface area contributed by atoms with Gasteiger partial charge in [-0.1, -0.05) is 17.7 Å². The Labute approximate surface area is 167 Å². The minimum Gasteiger partial charge on any atom is -0.493 e. The van der Waals surface area contributed by atoms with Crippen LogP contribution >= 0.6 is 11.6 Å². The number of methoxy groups -OCH3 is 2. The number of benzene rings is 2. The van der Waals surface area contributed by atoms with Crippen LogP contribution in [0.25, 0.3) is 0 Å². The van der Waals surface area contributed by atoms with E-state index in [0.717, 1.165) is 5.56 Å². The molecule has 0 aliphatic carbocycles. The van der Waals surface area contributed by atoms with Crippen molar-refractivity contribution in [2.75, 3.05) is 26.1 Å². The maximum absolute atomic E-state index is 13.3. The molecule has 1 atom stereocenters. The van der Waals surface area contributed by atoms with Gasteiger partial charge in [0.05, 0.1) is 25.7 Å². The van der Waals surface area contributed by atoms with Gasteiger partial charge < -0.3 is 14.8 Å². The zero-order valence-corrected chi connectivity index (χ0v) is 16.3. The van der Waals surface area contributed by atoms with Crippen molar-refractivity contribution >= 4 is 29.1 Å². The third-order valence-corrected chi connectivity index (χ3v) is 4.87. The summed E-state index contributed by atoms with van der Waals surface area (Å²) in [5, 5.41) is 2.90. The van der Waals surface area contributed by atoms with Gasteiger partial charge in [0.15, 0.2) is 11.5 Å². The smallest absolute Gasteiger partial charge is 0.252 e. The highest BCUT2D eigenvalue weighted by molar-refractivity contribution is 6.31. The molecule has 1 saturated heterocycles. The van der Waals surface area contributed by atoms with Gasteiger partial charge >= 0.3 is 0 Å². The maximum Gasteiger partial charge on any atom is 0.252 e. The van der Waals surface area contributed by atoms with E-state index in [9.17, 15) is 14.0 Å². The fraction of sp³-hybridized carbons (Fsp3) is 0.300. The summed E-state index contributed by atoms with van der Waals surface area (Å²) in [6, 6.07) is 8.85. The Morgan fingerprint density at radius 3 is 2.57 bits per heavy atom. The standard InChI is InChI=1S/C20H20ClFN2O4/c1-27-17-6-3-12(9-18(17)28-2)7-8-24-19(25)11-16(20(24)26)23-13-4-5-15(22)14(21)10-13/h3-6,9-10,16,23H,7-8,11H2,1-2H3/t16-/m1/s1. The lowest BCUT2D eigenvalue weighted by atomic mass is 10.1. The van der Waals surface area contributed by atoms with Crippen LogP contribution in [0.5, 0.6) is 11.5 Å². The van der Waals surface area contributed by atoms with Gasteiger partial charge in [0.25, 0.3) is 5.91 Å². The molecule has 1 N–H and O–H groups in total. The van der Waals surface area contributed by atoms with Crippen LogP contribution in [0.2, 0.25) is 5.02 Å². The number of rotatable bonds is 7. The van der Waals surface area contributed by atoms with Crippen LogP contribution in [0.3, 0.4) is 0 Å². The fourth-order valence-electron chi connectivity index (χ4n) is 3.09. The molecule has 0 saturated carbocycles. The molecule has 1 fully saturated rings. The highest BCUT2D eigenvalue weighted by atomic mass is 35.5. The zero-order chi connectivity index (χ0) is 20.3. The van der Waals surface area contributed by atoms with Crippen molar-refractivity contribution in [1.82, 2.24) is 4.90 Å². The van der Waals surface area contributed by atoms with Gasteiger partial charge in [0.2, 0.25) is 5.91 Å². The molecular formula is C20H20ClFN2O4. The van der Waals surface area contributed by atoms with Crippen LogP contribution in [0.1, 0.15) is 12.0 Å². The minimum absolute atomic E-state index is 0.0414. The van der Waals surface area contributed by atoms with Crippen molar-refractivity contribution in [3.63, 3.8) is 0 Å². The first kappa shape index (κ1) is 19.9. The number of halogens is 2. The van der Waals surface area contributed by atoms with E-state index in [2.05, 4.69) is 5.32 Å². The molecule has 3 rings (SSSR count). The van der Waals surface area contributed by atoms with Gasteiger partial charge in [-0.2, -0.15) is 0 Å². The van der Waals surface area contributed by atoms with Crippen LogP contribution < -0.4 is 14.8 Å². The van der Waals surface area contributed by atoms with E-state index in [1.54, 1.807) is 20.3 Å². The summed E-state index contributed by atoms with van der Waals surface area (Å²) >= 11 is 5.76. The van der Waals surface area contributed by atoms with Crippen molar-refractivity contribution in [2.24, 2.45) is 0 Å². The molecule has 1 aliphatic rings. The summed E-state index contributed by atoms with van der Waals surface area (Å²) < 4.78 is 23.7. The van der Waals surface area contributed by atoms with Gasteiger partial charge in [0, 0.05) is 12.2 Å². The van der Waals surface area contributed by atoms with Crippen LogP contribution in [0, 0.1) is 5.82 Å². The Balaban J connectivity index is 1.64. The second-order valence-electron chi connectivity index (χ2n) is 6.35. The number of nitrogens with one attached hydrogen (secondary N) is 1. The van der Waals surface area contributed by atoms with Gasteiger partial charge in [-0.05, 0) is 42.3 Å². The summed E-state index contributed by atoms with van der Waals surface area (Å²) in [5.74, 6) is 0.0910. The molecule has 2 aromatic rings. The average Bonchev–Trinajstić information content (AvgIpc) is 2.95. The SMILES string of the molecule is COc1ccc(CCN2C(=O)C[C@@H](Nc3ccc(F)c(Cl)c3)C2=O)cc1OC. The Bertz CT molecular complexity index is 906. The quantitative estimate of drug-likeness (QED) is 0.715. The summed E-state index contributed by atoms with van der Waals surface area (Å²) in [5.41, 5.74) is 1.40. The van der Waals surface area contributed by atoms with E-state index in [4.69, 9.17) is 21.1 Å². The number of hydrogen-bond donors (Lipinski definition) is 1. The van der Waals surface area contributed by atoms with E-state index in [1.807, 2.05) is 12.1 Å². The van der Waals surface area contributed by atoms with E-state index in [-0.39, 0.29) is 29.8 Å². The first-order chi connectivity index (χ1) is 13.4. The number of anilines is 1. The first-order valence-corrected chi connectivity index (χ1v) is 9.07. The highest BCUT2D eigenvalue weighted by Gasteiger charge is 2.38. The van der Waals surface area contributed by atoms with Gasteiger partial charge in [0.1, 0.15) is 11.9 Å². The van der Waals surface area contributed by atoms with E-state index in [1.165, 1.54) is 23.1 Å². The number of nitrogens with zero attached hydrogens (tertiary/aromatic N) is 1. The molecular weight excluding hydrogens is 387 g/mol. The molecule has 1 aliphatic heterocycles. The zero-order valence-electron chi connectivity index (χ0n) is 15.5. The number of hydrogen-bond acceptors (Lipinski definition) is 5. The second kappa shape index (κ2) is 8.48. The predicted octanol–water partition coefficient (Wildman–Crippen LogP) is 3.28. The number of ether oxygens (including phenoxy) is 2. The Morgan fingerprint density at radius 1 is 1.14 bits per heavy atom. The Hall–Kier alpha value is -2.80. The first-order valence-electron chi connectivity index (χ1n) is 8.69. The molecule has 6 nitrogen and oxygen atoms in total. The van der Waals surface area contributed by atoms with Crippen molar-refractivity contribution < 1.29 is 23.5 Å². The molecule has 0 radical (unpaired) electrons. The molecule has 0 aromatic heterocycles. The Morgan fingerprint density at radius 2 is 1.89 bits per heavy atom. The average molecular weight is 407 g/mol. The molecule has 0 bridgehead atoms. The van der Waals surface area contributed by atoms with Crippen LogP contribution in [-0.2, 0) is 16.0 Å². The van der Waals surface area contributed by atoms with E-state index < -0.39 is 11.9 Å². The lowest BCUT2D eigenvalue weighted by Crippen LogP contribution is -2.36. The monoisotopic (exact) mass is 406 g/mol. The van der Waals surface area contributed by atoms with Crippen molar-refractivity contribution in [3.05, 3.63) is 52.8 Å². The summed E-state index contributed by atoms with van der Waals surface area (Å²) in [4.78, 5) is 26.1. The number of imide groups is 1. The number of carbonyl (C=O) groups excluding carboxylic acids is 2. The van der Waals surface area contributed by atoms with E-state index in [0.29, 0.717) is 23.6 Å². The molecule has 2 aromatic carbocycles. The largest absolute Gasteiger partial charge is 0.493 e. The number of amides is 2. The summed E-state index contributed by atoms with van der Waals surface area (Å²) in [6.45, 7) is 0.259. The van der Waals surface area contributed by atoms with Crippen molar-refractivity contribution in [3.8, 4) is 11.5 Å². The van der Waals surface area contributed by atoms with Gasteiger partial charge in [-0.15, -0.1) is 0 Å². The molecule has 8 heteroatoms.